The van der Waals surface area contributed by atoms with Crippen molar-refractivity contribution in [2.24, 2.45) is 5.84 Å². The van der Waals surface area contributed by atoms with Crippen molar-refractivity contribution in [3.8, 4) is 6.01 Å². The number of thiophene rings is 1. The number of nitrogens with zero attached hydrogens (tertiary/aromatic N) is 4. The van der Waals surface area contributed by atoms with Crippen LogP contribution in [-0.4, -0.2) is 28.1 Å². The van der Waals surface area contributed by atoms with Crippen LogP contribution in [0.15, 0.2) is 15.9 Å². The molecule has 114 valence electrons. The van der Waals surface area contributed by atoms with Gasteiger partial charge in [0.15, 0.2) is 0 Å². The summed E-state index contributed by atoms with van der Waals surface area (Å²) in [5, 5.41) is 2.04. The molecule has 0 bridgehead atoms. The molecule has 0 saturated carbocycles. The molecule has 0 aromatic carbocycles. The van der Waals surface area contributed by atoms with Crippen molar-refractivity contribution in [3.63, 3.8) is 0 Å². The fourth-order valence-electron chi connectivity index (χ4n) is 1.59. The van der Waals surface area contributed by atoms with Gasteiger partial charge >= 0.3 is 6.01 Å². The highest BCUT2D eigenvalue weighted by Crippen LogP contribution is 2.23. The number of hydrogen-bond donors (Lipinski definition) is 2. The summed E-state index contributed by atoms with van der Waals surface area (Å²) in [4.78, 5) is 15.7. The number of hydrazine groups is 1. The van der Waals surface area contributed by atoms with E-state index in [1.807, 2.05) is 31.2 Å². The summed E-state index contributed by atoms with van der Waals surface area (Å²) < 4.78 is 6.58. The molecular formula is C12H17BrN6OS. The second-order valence-corrected chi connectivity index (χ2v) is 6.55. The lowest BCUT2D eigenvalue weighted by atomic mass is 10.4. The molecule has 0 atom stereocenters. The van der Waals surface area contributed by atoms with Gasteiger partial charge in [-0.2, -0.15) is 15.0 Å². The van der Waals surface area contributed by atoms with Crippen LogP contribution in [0, 0.1) is 0 Å². The van der Waals surface area contributed by atoms with Gasteiger partial charge in [0.25, 0.3) is 0 Å². The first kappa shape index (κ1) is 15.9. The maximum Gasteiger partial charge on any atom is 0.323 e. The highest BCUT2D eigenvalue weighted by molar-refractivity contribution is 9.10. The first-order chi connectivity index (χ1) is 9.97. The van der Waals surface area contributed by atoms with Gasteiger partial charge in [-0.3, -0.25) is 5.43 Å². The van der Waals surface area contributed by atoms with Crippen LogP contribution in [0.5, 0.6) is 6.01 Å². The van der Waals surface area contributed by atoms with E-state index in [4.69, 9.17) is 10.6 Å². The van der Waals surface area contributed by atoms with Crippen LogP contribution in [0.3, 0.4) is 0 Å². The molecule has 2 aromatic heterocycles. The summed E-state index contributed by atoms with van der Waals surface area (Å²) in [7, 11) is 1.91. The van der Waals surface area contributed by atoms with Gasteiger partial charge in [-0.15, -0.1) is 11.3 Å². The Morgan fingerprint density at radius 2 is 2.19 bits per heavy atom. The number of nitrogen functional groups attached to an aromatic ring is 1. The average Bonchev–Trinajstić information content (AvgIpc) is 2.82. The Morgan fingerprint density at radius 1 is 1.43 bits per heavy atom. The predicted molar refractivity (Wildman–Crippen MR) is 87.5 cm³/mol. The van der Waals surface area contributed by atoms with E-state index < -0.39 is 0 Å². The molecular weight excluding hydrogens is 356 g/mol. The van der Waals surface area contributed by atoms with Gasteiger partial charge in [0.1, 0.15) is 0 Å². The van der Waals surface area contributed by atoms with Crippen molar-refractivity contribution in [3.05, 3.63) is 20.8 Å². The van der Waals surface area contributed by atoms with Crippen LogP contribution >= 0.6 is 27.3 Å². The molecule has 2 rings (SSSR count). The highest BCUT2D eigenvalue weighted by atomic mass is 79.9. The number of halogens is 1. The normalized spacial score (nSPS) is 10.8. The third-order valence-corrected chi connectivity index (χ3v) is 4.11. The van der Waals surface area contributed by atoms with Crippen molar-refractivity contribution >= 4 is 39.2 Å². The van der Waals surface area contributed by atoms with Gasteiger partial charge in [-0.05, 0) is 35.8 Å². The van der Waals surface area contributed by atoms with Gasteiger partial charge in [0.2, 0.25) is 11.9 Å². The Hall–Kier alpha value is -1.45. The van der Waals surface area contributed by atoms with Crippen LogP contribution in [0.25, 0.3) is 0 Å². The molecule has 21 heavy (non-hydrogen) atoms. The quantitative estimate of drug-likeness (QED) is 0.594. The second-order valence-electron chi connectivity index (χ2n) is 4.64. The van der Waals surface area contributed by atoms with E-state index in [0.717, 1.165) is 4.47 Å². The zero-order valence-electron chi connectivity index (χ0n) is 12.0. The fraction of sp³-hybridized carbons (Fsp3) is 0.417. The Bertz CT molecular complexity index is 605. The lowest BCUT2D eigenvalue weighted by Crippen LogP contribution is -2.22. The van der Waals surface area contributed by atoms with Crippen molar-refractivity contribution in [1.82, 2.24) is 15.0 Å². The summed E-state index contributed by atoms with van der Waals surface area (Å²) in [5.41, 5.74) is 2.43. The number of nitrogens with one attached hydrogen (secondary N) is 1. The minimum atomic E-state index is -0.0237. The largest absolute Gasteiger partial charge is 0.461 e. The van der Waals surface area contributed by atoms with E-state index in [1.54, 1.807) is 11.3 Å². The van der Waals surface area contributed by atoms with Crippen molar-refractivity contribution in [2.75, 3.05) is 17.4 Å². The van der Waals surface area contributed by atoms with E-state index in [0.29, 0.717) is 12.5 Å². The Kier molecular flexibility index (Phi) is 5.32. The molecule has 2 heterocycles. The molecule has 9 heteroatoms. The van der Waals surface area contributed by atoms with E-state index in [1.165, 1.54) is 4.88 Å². The standard InChI is InChI=1S/C12H17BrN6OS/c1-7(2)20-12-16-10(18-14)15-11(17-12)19(3)5-9-4-8(13)6-21-9/h4,6-7H,5,14H2,1-3H3,(H,15,16,17,18). The van der Waals surface area contributed by atoms with Crippen LogP contribution in [0.4, 0.5) is 11.9 Å². The van der Waals surface area contributed by atoms with Crippen LogP contribution < -0.4 is 20.9 Å². The van der Waals surface area contributed by atoms with E-state index in [9.17, 15) is 0 Å². The molecule has 0 saturated heterocycles. The van der Waals surface area contributed by atoms with Crippen molar-refractivity contribution in [2.45, 2.75) is 26.5 Å². The summed E-state index contributed by atoms with van der Waals surface area (Å²) >= 11 is 5.11. The first-order valence-electron chi connectivity index (χ1n) is 6.31. The second kappa shape index (κ2) is 7.01. The minimum Gasteiger partial charge on any atom is -0.461 e. The molecule has 3 N–H and O–H groups in total. The number of ether oxygens (including phenoxy) is 1. The molecule has 0 amide bonds. The Labute approximate surface area is 135 Å². The van der Waals surface area contributed by atoms with Gasteiger partial charge < -0.3 is 9.64 Å². The first-order valence-corrected chi connectivity index (χ1v) is 7.98. The number of aromatic nitrogens is 3. The summed E-state index contributed by atoms with van der Waals surface area (Å²) in [6.07, 6.45) is -0.0237. The van der Waals surface area contributed by atoms with E-state index in [-0.39, 0.29) is 18.1 Å². The maximum absolute atomic E-state index is 5.51. The van der Waals surface area contributed by atoms with Gasteiger partial charge in [0.05, 0.1) is 12.6 Å². The molecule has 2 aromatic rings. The number of rotatable bonds is 6. The maximum atomic E-state index is 5.51. The molecule has 0 aliphatic heterocycles. The lowest BCUT2D eigenvalue weighted by molar-refractivity contribution is 0.222. The molecule has 0 radical (unpaired) electrons. The van der Waals surface area contributed by atoms with Crippen molar-refractivity contribution < 1.29 is 4.74 Å². The van der Waals surface area contributed by atoms with E-state index >= 15 is 0 Å². The van der Waals surface area contributed by atoms with Gasteiger partial charge in [-0.25, -0.2) is 5.84 Å². The molecule has 0 aliphatic rings. The average molecular weight is 373 g/mol. The zero-order valence-corrected chi connectivity index (χ0v) is 14.4. The van der Waals surface area contributed by atoms with Crippen LogP contribution in [-0.2, 0) is 6.54 Å². The summed E-state index contributed by atoms with van der Waals surface area (Å²) in [6, 6.07) is 2.32. The predicted octanol–water partition coefficient (Wildman–Crippen LogP) is 2.40. The summed E-state index contributed by atoms with van der Waals surface area (Å²) in [5.74, 6) is 6.16. The van der Waals surface area contributed by atoms with E-state index in [2.05, 4.69) is 42.4 Å². The molecule has 0 unspecified atom stereocenters. The minimum absolute atomic E-state index is 0.0237. The topological polar surface area (TPSA) is 89.2 Å². The smallest absolute Gasteiger partial charge is 0.323 e. The molecule has 0 aliphatic carbocycles. The third-order valence-electron chi connectivity index (χ3n) is 2.43. The SMILES string of the molecule is CC(C)Oc1nc(NN)nc(N(C)Cc2cc(Br)cs2)n1. The molecule has 0 fully saturated rings. The third kappa shape index (κ3) is 4.51. The van der Waals surface area contributed by atoms with Crippen LogP contribution in [0.1, 0.15) is 18.7 Å². The van der Waals surface area contributed by atoms with Gasteiger partial charge in [-0.1, -0.05) is 0 Å². The summed E-state index contributed by atoms with van der Waals surface area (Å²) in [6.45, 7) is 4.50. The fourth-order valence-corrected chi connectivity index (χ4v) is 3.09. The Balaban J connectivity index is 2.20. The molecule has 7 nitrogen and oxygen atoms in total. The monoisotopic (exact) mass is 372 g/mol. The van der Waals surface area contributed by atoms with Gasteiger partial charge in [0, 0.05) is 21.8 Å². The van der Waals surface area contributed by atoms with Crippen molar-refractivity contribution in [1.29, 1.82) is 0 Å². The zero-order chi connectivity index (χ0) is 15.4. The lowest BCUT2D eigenvalue weighted by Gasteiger charge is -2.17. The molecule has 0 spiro atoms. The number of hydrogen-bond acceptors (Lipinski definition) is 8. The Morgan fingerprint density at radius 3 is 2.76 bits per heavy atom. The van der Waals surface area contributed by atoms with Crippen LogP contribution in [0.2, 0.25) is 0 Å². The number of nitrogens with two attached hydrogens (primary N) is 1. The number of anilines is 2. The highest BCUT2D eigenvalue weighted by Gasteiger charge is 2.13.